The van der Waals surface area contributed by atoms with Crippen molar-refractivity contribution in [2.75, 3.05) is 25.0 Å². The second-order valence-corrected chi connectivity index (χ2v) is 8.14. The molecule has 7 heteroatoms. The number of carbonyl (C=O) groups excluding carboxylic acids is 1. The summed E-state index contributed by atoms with van der Waals surface area (Å²) in [6, 6.07) is 12.1. The monoisotopic (exact) mass is 390 g/mol. The molecule has 2 aromatic rings. The van der Waals surface area contributed by atoms with Gasteiger partial charge < -0.3 is 10.1 Å². The Morgan fingerprint density at radius 2 is 1.74 bits per heavy atom. The van der Waals surface area contributed by atoms with Crippen LogP contribution in [-0.4, -0.2) is 38.3 Å². The van der Waals surface area contributed by atoms with Gasteiger partial charge in [0.2, 0.25) is 15.9 Å². The normalized spacial score (nSPS) is 11.4. The summed E-state index contributed by atoms with van der Waals surface area (Å²) in [5.41, 5.74) is 2.45. The molecule has 146 valence electrons. The van der Waals surface area contributed by atoms with Crippen molar-refractivity contribution in [1.29, 1.82) is 0 Å². The van der Waals surface area contributed by atoms with Crippen molar-refractivity contribution in [1.82, 2.24) is 4.31 Å². The number of benzene rings is 2. The molecule has 0 aromatic heterocycles. The summed E-state index contributed by atoms with van der Waals surface area (Å²) < 4.78 is 32.5. The molecular weight excluding hydrogens is 364 g/mol. The molecule has 27 heavy (non-hydrogen) atoms. The van der Waals surface area contributed by atoms with Crippen LogP contribution in [-0.2, 0) is 14.8 Å². The first-order valence-corrected chi connectivity index (χ1v) is 10.3. The third-order valence-electron chi connectivity index (χ3n) is 4.09. The van der Waals surface area contributed by atoms with Gasteiger partial charge in [0, 0.05) is 12.2 Å². The molecule has 1 N–H and O–H groups in total. The molecule has 0 aliphatic rings. The van der Waals surface area contributed by atoms with Crippen molar-refractivity contribution in [3.8, 4) is 5.75 Å². The van der Waals surface area contributed by atoms with Crippen LogP contribution in [0.25, 0.3) is 0 Å². The lowest BCUT2D eigenvalue weighted by molar-refractivity contribution is -0.116. The zero-order valence-electron chi connectivity index (χ0n) is 16.2. The Morgan fingerprint density at radius 1 is 1.07 bits per heavy atom. The molecule has 0 unspecified atom stereocenters. The number of hydrogen-bond donors (Lipinski definition) is 1. The summed E-state index contributed by atoms with van der Waals surface area (Å²) >= 11 is 0. The van der Waals surface area contributed by atoms with Crippen LogP contribution >= 0.6 is 0 Å². The summed E-state index contributed by atoms with van der Waals surface area (Å²) in [5.74, 6) is 0.267. The average molecular weight is 391 g/mol. The van der Waals surface area contributed by atoms with Crippen LogP contribution in [0.4, 0.5) is 5.69 Å². The van der Waals surface area contributed by atoms with Gasteiger partial charge in [-0.25, -0.2) is 8.42 Å². The van der Waals surface area contributed by atoms with E-state index < -0.39 is 10.0 Å². The van der Waals surface area contributed by atoms with Crippen LogP contribution in [0.1, 0.15) is 25.0 Å². The van der Waals surface area contributed by atoms with Gasteiger partial charge >= 0.3 is 0 Å². The molecule has 2 rings (SSSR count). The molecule has 6 nitrogen and oxygen atoms in total. The molecule has 2 aromatic carbocycles. The van der Waals surface area contributed by atoms with Crippen LogP contribution in [0.15, 0.2) is 47.4 Å². The Kier molecular flexibility index (Phi) is 6.98. The van der Waals surface area contributed by atoms with Gasteiger partial charge in [-0.15, -0.1) is 0 Å². The molecule has 0 atom stereocenters. The summed E-state index contributed by atoms with van der Waals surface area (Å²) in [4.78, 5) is 12.5. The fourth-order valence-corrected chi connectivity index (χ4v) is 4.10. The van der Waals surface area contributed by atoms with Crippen LogP contribution < -0.4 is 10.1 Å². The molecule has 0 radical (unpaired) electrons. The zero-order chi connectivity index (χ0) is 20.0. The average Bonchev–Trinajstić information content (AvgIpc) is 2.63. The maximum absolute atomic E-state index is 12.9. The third-order valence-corrected chi connectivity index (χ3v) is 6.01. The largest absolute Gasteiger partial charge is 0.494 e. The number of rotatable bonds is 8. The van der Waals surface area contributed by atoms with Gasteiger partial charge in [0.15, 0.2) is 0 Å². The smallest absolute Gasteiger partial charge is 0.243 e. The molecule has 1 amide bonds. The van der Waals surface area contributed by atoms with Gasteiger partial charge in [0.05, 0.1) is 18.0 Å². The number of likely N-dealkylation sites (N-methyl/N-ethyl adjacent to an activating group) is 1. The lowest BCUT2D eigenvalue weighted by Crippen LogP contribution is -2.37. The number of aryl methyl sites for hydroxylation is 2. The van der Waals surface area contributed by atoms with Gasteiger partial charge in [0.1, 0.15) is 5.75 Å². The number of anilines is 1. The number of nitrogens with zero attached hydrogens (tertiary/aromatic N) is 1. The van der Waals surface area contributed by atoms with E-state index in [2.05, 4.69) is 5.32 Å². The van der Waals surface area contributed by atoms with Crippen LogP contribution in [0.5, 0.6) is 5.75 Å². The predicted molar refractivity (Wildman–Crippen MR) is 107 cm³/mol. The minimum Gasteiger partial charge on any atom is -0.494 e. The highest BCUT2D eigenvalue weighted by atomic mass is 32.2. The van der Waals surface area contributed by atoms with Crippen LogP contribution in [0.2, 0.25) is 0 Å². The van der Waals surface area contributed by atoms with Gasteiger partial charge in [-0.2, -0.15) is 4.31 Å². The maximum Gasteiger partial charge on any atom is 0.243 e. The molecule has 0 aliphatic carbocycles. The molecule has 0 bridgehead atoms. The topological polar surface area (TPSA) is 75.7 Å². The Bertz CT molecular complexity index is 893. The second-order valence-electron chi connectivity index (χ2n) is 6.21. The Morgan fingerprint density at radius 3 is 2.30 bits per heavy atom. The maximum atomic E-state index is 12.9. The second kappa shape index (κ2) is 9.01. The first-order chi connectivity index (χ1) is 12.8. The van der Waals surface area contributed by atoms with E-state index in [1.54, 1.807) is 38.1 Å². The molecule has 0 saturated heterocycles. The lowest BCUT2D eigenvalue weighted by Gasteiger charge is -2.21. The summed E-state index contributed by atoms with van der Waals surface area (Å²) in [5, 5.41) is 2.73. The van der Waals surface area contributed by atoms with Crippen LogP contribution in [0.3, 0.4) is 0 Å². The molecule has 0 heterocycles. The Balaban J connectivity index is 2.15. The minimum absolute atomic E-state index is 0.147. The van der Waals surface area contributed by atoms with E-state index in [0.717, 1.165) is 15.4 Å². The Labute approximate surface area is 161 Å². The summed E-state index contributed by atoms with van der Waals surface area (Å²) in [6.07, 6.45) is 0. The summed E-state index contributed by atoms with van der Waals surface area (Å²) in [7, 11) is -3.78. The van der Waals surface area contributed by atoms with E-state index >= 15 is 0 Å². The SMILES string of the molecule is CCOc1ccc(S(=O)(=O)N(CC)CC(=O)Nc2ccc(C)cc2)cc1C. The van der Waals surface area contributed by atoms with Crippen molar-refractivity contribution >= 4 is 21.6 Å². The van der Waals surface area contributed by atoms with Gasteiger partial charge in [0.25, 0.3) is 0 Å². The number of ether oxygens (including phenoxy) is 1. The number of hydrogen-bond acceptors (Lipinski definition) is 4. The standard InChI is InChI=1S/C20H26N2O4S/c1-5-22(14-20(23)21-17-9-7-15(3)8-10-17)27(24,25)18-11-12-19(26-6-2)16(4)13-18/h7-13H,5-6,14H2,1-4H3,(H,21,23). The fourth-order valence-electron chi connectivity index (χ4n) is 2.61. The first kappa shape index (κ1) is 20.9. The van der Waals surface area contributed by atoms with Gasteiger partial charge in [-0.05, 0) is 56.7 Å². The van der Waals surface area contributed by atoms with Crippen molar-refractivity contribution in [3.05, 3.63) is 53.6 Å². The van der Waals surface area contributed by atoms with Crippen molar-refractivity contribution in [3.63, 3.8) is 0 Å². The van der Waals surface area contributed by atoms with Crippen molar-refractivity contribution in [2.24, 2.45) is 0 Å². The molecule has 0 spiro atoms. The van der Waals surface area contributed by atoms with Gasteiger partial charge in [-0.3, -0.25) is 4.79 Å². The molecule has 0 aliphatic heterocycles. The lowest BCUT2D eigenvalue weighted by atomic mass is 10.2. The van der Waals surface area contributed by atoms with E-state index in [1.165, 1.54) is 6.07 Å². The summed E-state index contributed by atoms with van der Waals surface area (Å²) in [6.45, 7) is 7.77. The number of nitrogens with one attached hydrogen (secondary N) is 1. The zero-order valence-corrected chi connectivity index (χ0v) is 17.0. The van der Waals surface area contributed by atoms with E-state index in [4.69, 9.17) is 4.74 Å². The predicted octanol–water partition coefficient (Wildman–Crippen LogP) is 3.35. The van der Waals surface area contributed by atoms with Crippen LogP contribution in [0, 0.1) is 13.8 Å². The fraction of sp³-hybridized carbons (Fsp3) is 0.350. The number of sulfonamides is 1. The first-order valence-electron chi connectivity index (χ1n) is 8.88. The highest BCUT2D eigenvalue weighted by Gasteiger charge is 2.26. The molecule has 0 fully saturated rings. The van der Waals surface area contributed by atoms with E-state index in [0.29, 0.717) is 18.0 Å². The minimum atomic E-state index is -3.78. The highest BCUT2D eigenvalue weighted by Crippen LogP contribution is 2.24. The van der Waals surface area contributed by atoms with E-state index in [1.807, 2.05) is 26.0 Å². The molecular formula is C20H26N2O4S. The van der Waals surface area contributed by atoms with Gasteiger partial charge in [-0.1, -0.05) is 24.6 Å². The quantitative estimate of drug-likeness (QED) is 0.750. The Hall–Kier alpha value is -2.38. The van der Waals surface area contributed by atoms with E-state index in [-0.39, 0.29) is 23.9 Å². The third kappa shape index (κ3) is 5.30. The molecule has 0 saturated carbocycles. The van der Waals surface area contributed by atoms with E-state index in [9.17, 15) is 13.2 Å². The number of amides is 1. The van der Waals surface area contributed by atoms with Crippen molar-refractivity contribution in [2.45, 2.75) is 32.6 Å². The van der Waals surface area contributed by atoms with Crippen molar-refractivity contribution < 1.29 is 17.9 Å². The number of carbonyl (C=O) groups is 1. The highest BCUT2D eigenvalue weighted by molar-refractivity contribution is 7.89.